The van der Waals surface area contributed by atoms with Crippen molar-refractivity contribution in [3.63, 3.8) is 0 Å². The lowest BCUT2D eigenvalue weighted by atomic mass is 10.1. The van der Waals surface area contributed by atoms with Gasteiger partial charge in [0.15, 0.2) is 0 Å². The van der Waals surface area contributed by atoms with Crippen LogP contribution in [-0.4, -0.2) is 21.4 Å². The molecular formula is C20H16N2O3S2. The molecule has 1 atom stereocenters. The van der Waals surface area contributed by atoms with E-state index in [0.29, 0.717) is 13.0 Å². The molecule has 1 fully saturated rings. The van der Waals surface area contributed by atoms with Gasteiger partial charge in [-0.15, -0.1) is 11.3 Å². The first-order valence-electron chi connectivity index (χ1n) is 8.41. The van der Waals surface area contributed by atoms with Gasteiger partial charge in [-0.3, -0.25) is 9.59 Å². The van der Waals surface area contributed by atoms with Gasteiger partial charge in [-0.2, -0.15) is 0 Å². The fourth-order valence-corrected chi connectivity index (χ4v) is 4.13. The molecule has 0 aliphatic carbocycles. The number of carbonyl (C=O) groups excluding carboxylic acids is 2. The Morgan fingerprint density at radius 3 is 2.52 bits per heavy atom. The number of nitrogens with one attached hydrogen (secondary N) is 1. The average molecular weight is 396 g/mol. The van der Waals surface area contributed by atoms with Gasteiger partial charge in [-0.05, 0) is 17.7 Å². The first kappa shape index (κ1) is 17.8. The van der Waals surface area contributed by atoms with Crippen molar-refractivity contribution in [1.29, 1.82) is 0 Å². The molecule has 0 saturated carbocycles. The number of thioether (sulfide) groups is 1. The van der Waals surface area contributed by atoms with E-state index in [2.05, 4.69) is 10.3 Å². The third-order valence-electron chi connectivity index (χ3n) is 4.12. The molecule has 5 nitrogen and oxygen atoms in total. The van der Waals surface area contributed by atoms with Crippen molar-refractivity contribution >= 4 is 33.5 Å². The Bertz CT molecular complexity index is 955. The monoisotopic (exact) mass is 396 g/mol. The van der Waals surface area contributed by atoms with E-state index in [1.807, 2.05) is 60.0 Å². The van der Waals surface area contributed by atoms with Gasteiger partial charge < -0.3 is 10.1 Å². The van der Waals surface area contributed by atoms with Gasteiger partial charge in [0, 0.05) is 29.1 Å². The maximum atomic E-state index is 11.7. The van der Waals surface area contributed by atoms with Crippen LogP contribution in [-0.2, 0) is 17.8 Å². The summed E-state index contributed by atoms with van der Waals surface area (Å²) in [6, 6.07) is 17.2. The van der Waals surface area contributed by atoms with Crippen molar-refractivity contribution < 1.29 is 14.3 Å². The van der Waals surface area contributed by atoms with Gasteiger partial charge in [0.05, 0.1) is 5.69 Å². The van der Waals surface area contributed by atoms with E-state index in [1.54, 1.807) is 11.3 Å². The summed E-state index contributed by atoms with van der Waals surface area (Å²) in [4.78, 5) is 27.5. The second kappa shape index (κ2) is 7.94. The Morgan fingerprint density at radius 2 is 1.81 bits per heavy atom. The molecule has 1 unspecified atom stereocenters. The Hall–Kier alpha value is -2.64. The van der Waals surface area contributed by atoms with Crippen LogP contribution in [0, 0.1) is 0 Å². The fourth-order valence-electron chi connectivity index (χ4n) is 2.75. The number of carbonyl (C=O) groups is 2. The van der Waals surface area contributed by atoms with Crippen LogP contribution in [0.25, 0.3) is 11.3 Å². The summed E-state index contributed by atoms with van der Waals surface area (Å²) >= 11 is 2.31. The van der Waals surface area contributed by atoms with Crippen LogP contribution < -0.4 is 10.1 Å². The van der Waals surface area contributed by atoms with Crippen LogP contribution in [0.2, 0.25) is 0 Å². The number of nitrogens with zero attached hydrogens (tertiary/aromatic N) is 1. The first-order valence-corrected chi connectivity index (χ1v) is 10.1. The molecule has 1 N–H and O–H groups in total. The van der Waals surface area contributed by atoms with Crippen LogP contribution in [0.15, 0.2) is 60.0 Å². The van der Waals surface area contributed by atoms with Crippen molar-refractivity contribution in [1.82, 2.24) is 10.3 Å². The Morgan fingerprint density at radius 1 is 1.04 bits per heavy atom. The Balaban J connectivity index is 1.33. The van der Waals surface area contributed by atoms with Crippen LogP contribution in [0.5, 0.6) is 5.75 Å². The summed E-state index contributed by atoms with van der Waals surface area (Å²) in [5.41, 5.74) is 3.02. The van der Waals surface area contributed by atoms with Gasteiger partial charge >= 0.3 is 0 Å². The van der Waals surface area contributed by atoms with Crippen LogP contribution in [0.3, 0.4) is 0 Å². The van der Waals surface area contributed by atoms with E-state index < -0.39 is 6.04 Å². The van der Waals surface area contributed by atoms with Gasteiger partial charge in [-0.25, -0.2) is 4.98 Å². The van der Waals surface area contributed by atoms with E-state index in [-0.39, 0.29) is 10.4 Å². The highest BCUT2D eigenvalue weighted by Gasteiger charge is 2.31. The third kappa shape index (κ3) is 4.37. The number of benzene rings is 2. The zero-order valence-electron chi connectivity index (χ0n) is 14.3. The molecule has 0 spiro atoms. The first-order chi connectivity index (χ1) is 13.2. The summed E-state index contributed by atoms with van der Waals surface area (Å²) in [5.74, 6) is 0.742. The number of hydrogen-bond donors (Lipinski definition) is 1. The van der Waals surface area contributed by atoms with E-state index in [4.69, 9.17) is 4.74 Å². The number of thiazole rings is 1. The van der Waals surface area contributed by atoms with Crippen molar-refractivity contribution in [3.05, 3.63) is 70.5 Å². The molecule has 7 heteroatoms. The molecule has 0 radical (unpaired) electrons. The summed E-state index contributed by atoms with van der Waals surface area (Å²) in [6.07, 6.45) is 0.491. The summed E-state index contributed by atoms with van der Waals surface area (Å²) in [6.45, 7) is 0.407. The molecule has 4 rings (SSSR count). The predicted octanol–water partition coefficient (Wildman–Crippen LogP) is 4.28. The molecule has 27 heavy (non-hydrogen) atoms. The van der Waals surface area contributed by atoms with E-state index >= 15 is 0 Å². The molecule has 2 aromatic carbocycles. The third-order valence-corrected chi connectivity index (χ3v) is 5.73. The zero-order valence-corrected chi connectivity index (χ0v) is 15.9. The molecule has 136 valence electrons. The van der Waals surface area contributed by atoms with Gasteiger partial charge in [0.2, 0.25) is 5.12 Å². The average Bonchev–Trinajstić information content (AvgIpc) is 3.28. The van der Waals surface area contributed by atoms with E-state index in [1.165, 1.54) is 0 Å². The maximum Gasteiger partial charge on any atom is 0.287 e. The van der Waals surface area contributed by atoms with Crippen LogP contribution >= 0.6 is 23.1 Å². The Labute approximate surface area is 164 Å². The zero-order chi connectivity index (χ0) is 18.6. The molecule has 2 heterocycles. The standard InChI is InChI=1S/C20H16N2O3S2/c23-19-16(22-20(24)27-19)10-13-6-8-15(9-7-13)25-11-18-21-17(12-26-18)14-4-2-1-3-5-14/h1-9,12,16H,10-11H2,(H,22,24). The van der Waals surface area contributed by atoms with Crippen molar-refractivity contribution in [2.75, 3.05) is 0 Å². The van der Waals surface area contributed by atoms with Crippen molar-refractivity contribution in [2.45, 2.75) is 19.1 Å². The Kier molecular flexibility index (Phi) is 5.22. The lowest BCUT2D eigenvalue weighted by molar-refractivity contribution is -0.112. The van der Waals surface area contributed by atoms with Gasteiger partial charge in [0.1, 0.15) is 23.4 Å². The van der Waals surface area contributed by atoms with E-state index in [0.717, 1.165) is 39.3 Å². The predicted molar refractivity (Wildman–Crippen MR) is 107 cm³/mol. The number of hydrogen-bond acceptors (Lipinski definition) is 6. The highest BCUT2D eigenvalue weighted by molar-refractivity contribution is 8.26. The molecule has 1 aliphatic rings. The minimum atomic E-state index is -0.444. The highest BCUT2D eigenvalue weighted by Crippen LogP contribution is 2.24. The molecule has 1 aliphatic heterocycles. The molecular weight excluding hydrogens is 380 g/mol. The topological polar surface area (TPSA) is 68.3 Å². The van der Waals surface area contributed by atoms with Crippen LogP contribution in [0.4, 0.5) is 4.79 Å². The molecule has 0 bridgehead atoms. The number of aromatic nitrogens is 1. The van der Waals surface area contributed by atoms with Gasteiger partial charge in [0.25, 0.3) is 5.24 Å². The molecule has 1 aromatic heterocycles. The largest absolute Gasteiger partial charge is 0.486 e. The number of rotatable bonds is 6. The normalized spacial score (nSPS) is 16.4. The van der Waals surface area contributed by atoms with Crippen molar-refractivity contribution in [2.24, 2.45) is 0 Å². The SMILES string of the molecule is O=C1NC(Cc2ccc(OCc3nc(-c4ccccc4)cs3)cc2)C(=O)S1. The van der Waals surface area contributed by atoms with E-state index in [9.17, 15) is 9.59 Å². The number of ether oxygens (including phenoxy) is 1. The van der Waals surface area contributed by atoms with Crippen molar-refractivity contribution in [3.8, 4) is 17.0 Å². The second-order valence-corrected chi connectivity index (χ2v) is 7.95. The van der Waals surface area contributed by atoms with Crippen LogP contribution in [0.1, 0.15) is 10.6 Å². The smallest absolute Gasteiger partial charge is 0.287 e. The summed E-state index contributed by atoms with van der Waals surface area (Å²) < 4.78 is 5.81. The fraction of sp³-hybridized carbons (Fsp3) is 0.150. The molecule has 3 aromatic rings. The highest BCUT2D eigenvalue weighted by atomic mass is 32.2. The quantitative estimate of drug-likeness (QED) is 0.673. The van der Waals surface area contributed by atoms with Gasteiger partial charge in [-0.1, -0.05) is 42.5 Å². The maximum absolute atomic E-state index is 11.7. The summed E-state index contributed by atoms with van der Waals surface area (Å²) in [7, 11) is 0. The minimum absolute atomic E-state index is 0.127. The molecule has 1 amide bonds. The lowest BCUT2D eigenvalue weighted by Crippen LogP contribution is -2.30. The second-order valence-electron chi connectivity index (χ2n) is 6.03. The summed E-state index contributed by atoms with van der Waals surface area (Å²) in [5, 5.41) is 5.21. The molecule has 1 saturated heterocycles. The minimum Gasteiger partial charge on any atom is -0.486 e. The lowest BCUT2D eigenvalue weighted by Gasteiger charge is -2.09. The number of amides is 1.